The van der Waals surface area contributed by atoms with E-state index < -0.39 is 23.3 Å². The standard InChI is InChI=1S/C34H30F3N5O3/c1-2-22-26(36)8-4-18-12-21(43)13-25(28(18)22)23-6-7-24-30(29(23)37)39-33(45-17-34-10-3-11-41(34)15-19(35)14-34)40-31(24)42-16-20-5-9-27(38-20)32(42)44/h1,4,6-8,12-13,19-20,27,38,43H,3,5,9-11,14-17H2/t19-,20?,27?,34+/m1/s1. The van der Waals surface area contributed by atoms with Gasteiger partial charge in [-0.2, -0.15) is 9.97 Å². The van der Waals surface area contributed by atoms with E-state index in [2.05, 4.69) is 26.1 Å². The number of amides is 1. The van der Waals surface area contributed by atoms with Crippen LogP contribution in [0.2, 0.25) is 0 Å². The summed E-state index contributed by atoms with van der Waals surface area (Å²) >= 11 is 0. The quantitative estimate of drug-likeness (QED) is 0.312. The third-order valence-electron chi connectivity index (χ3n) is 9.95. The van der Waals surface area contributed by atoms with E-state index in [0.717, 1.165) is 25.8 Å². The molecule has 4 aliphatic heterocycles. The van der Waals surface area contributed by atoms with Gasteiger partial charge in [0.15, 0.2) is 11.6 Å². The second-order valence-corrected chi connectivity index (χ2v) is 12.6. The van der Waals surface area contributed by atoms with Crippen molar-refractivity contribution in [2.24, 2.45) is 0 Å². The van der Waals surface area contributed by atoms with E-state index in [1.54, 1.807) is 11.0 Å². The van der Waals surface area contributed by atoms with Gasteiger partial charge in [-0.1, -0.05) is 18.1 Å². The molecule has 8 rings (SSSR count). The van der Waals surface area contributed by atoms with Crippen LogP contribution in [0.25, 0.3) is 32.8 Å². The van der Waals surface area contributed by atoms with Crippen LogP contribution in [0.3, 0.4) is 0 Å². The molecule has 0 spiro atoms. The Morgan fingerprint density at radius 1 is 1.13 bits per heavy atom. The third kappa shape index (κ3) is 4.42. The molecule has 8 nitrogen and oxygen atoms in total. The van der Waals surface area contributed by atoms with E-state index in [9.17, 15) is 18.7 Å². The number of hydrogen-bond donors (Lipinski definition) is 2. The summed E-state index contributed by atoms with van der Waals surface area (Å²) in [4.78, 5) is 26.3. The number of benzene rings is 3. The van der Waals surface area contributed by atoms with Gasteiger partial charge in [-0.25, -0.2) is 13.2 Å². The van der Waals surface area contributed by atoms with Crippen molar-refractivity contribution < 1.29 is 27.8 Å². The highest BCUT2D eigenvalue weighted by molar-refractivity contribution is 6.07. The van der Waals surface area contributed by atoms with Crippen LogP contribution in [-0.4, -0.2) is 75.9 Å². The SMILES string of the molecule is C#Cc1c(F)ccc2cc(O)cc(-c3ccc4c(N5CC6CCC(N6)C5=O)nc(OC[C@@]56CCCN5C[C@H](F)C6)nc4c3F)c12. The number of rotatable bonds is 5. The number of piperazine rings is 1. The van der Waals surface area contributed by atoms with E-state index in [1.807, 2.05) is 0 Å². The highest BCUT2D eigenvalue weighted by Gasteiger charge is 2.49. The summed E-state index contributed by atoms with van der Waals surface area (Å²) < 4.78 is 52.2. The Labute approximate surface area is 257 Å². The highest BCUT2D eigenvalue weighted by Crippen LogP contribution is 2.42. The molecule has 2 N–H and O–H groups in total. The molecule has 4 fully saturated rings. The molecule has 3 aromatic carbocycles. The number of fused-ring (bicyclic) bond motifs is 5. The van der Waals surface area contributed by atoms with E-state index in [1.165, 1.54) is 30.3 Å². The number of phenols is 1. The number of aromatic nitrogens is 2. The van der Waals surface area contributed by atoms with E-state index in [-0.39, 0.29) is 69.8 Å². The van der Waals surface area contributed by atoms with Gasteiger partial charge in [-0.15, -0.1) is 6.42 Å². The van der Waals surface area contributed by atoms with Gasteiger partial charge in [0.05, 0.1) is 17.1 Å². The van der Waals surface area contributed by atoms with Crippen molar-refractivity contribution in [3.8, 4) is 35.2 Å². The monoisotopic (exact) mass is 613 g/mol. The van der Waals surface area contributed by atoms with Crippen LogP contribution in [0, 0.1) is 24.0 Å². The van der Waals surface area contributed by atoms with Gasteiger partial charge in [-0.05, 0) is 67.4 Å². The molecule has 4 saturated heterocycles. The molecule has 4 aromatic rings. The fourth-order valence-corrected chi connectivity index (χ4v) is 7.88. The molecule has 45 heavy (non-hydrogen) atoms. The Hall–Kier alpha value is -4.40. The second kappa shape index (κ2) is 10.3. The first-order valence-electron chi connectivity index (χ1n) is 15.3. The summed E-state index contributed by atoms with van der Waals surface area (Å²) in [6.45, 7) is 1.61. The zero-order valence-corrected chi connectivity index (χ0v) is 24.3. The van der Waals surface area contributed by atoms with Crippen LogP contribution >= 0.6 is 0 Å². The summed E-state index contributed by atoms with van der Waals surface area (Å²) in [7, 11) is 0. The second-order valence-electron chi connectivity index (χ2n) is 12.6. The lowest BCUT2D eigenvalue weighted by molar-refractivity contribution is -0.121. The molecule has 230 valence electrons. The molecule has 1 amide bonds. The number of nitrogens with one attached hydrogen (secondary N) is 1. The minimum absolute atomic E-state index is 0.0319. The molecule has 11 heteroatoms. The predicted molar refractivity (Wildman–Crippen MR) is 163 cm³/mol. The predicted octanol–water partition coefficient (Wildman–Crippen LogP) is 4.84. The third-order valence-corrected chi connectivity index (χ3v) is 9.95. The maximum atomic E-state index is 16.8. The number of ether oxygens (including phenoxy) is 1. The van der Waals surface area contributed by atoms with Crippen molar-refractivity contribution in [2.75, 3.05) is 31.1 Å². The molecular weight excluding hydrogens is 583 g/mol. The normalized spacial score (nSPS) is 26.1. The molecule has 2 unspecified atom stereocenters. The number of halogens is 3. The smallest absolute Gasteiger partial charge is 0.319 e. The lowest BCUT2D eigenvalue weighted by Crippen LogP contribution is -2.55. The van der Waals surface area contributed by atoms with Crippen LogP contribution in [-0.2, 0) is 4.79 Å². The van der Waals surface area contributed by atoms with Gasteiger partial charge in [0.1, 0.15) is 29.9 Å². The van der Waals surface area contributed by atoms with Gasteiger partial charge >= 0.3 is 6.01 Å². The number of hydrogen-bond acceptors (Lipinski definition) is 7. The van der Waals surface area contributed by atoms with Gasteiger partial charge in [0.25, 0.3) is 0 Å². The topological polar surface area (TPSA) is 90.8 Å². The number of phenolic OH excluding ortho intramolecular Hbond substituents is 1. The van der Waals surface area contributed by atoms with Gasteiger partial charge in [0.2, 0.25) is 5.91 Å². The van der Waals surface area contributed by atoms with Crippen molar-refractivity contribution in [3.05, 3.63) is 53.6 Å². The number of aromatic hydroxyl groups is 1. The number of anilines is 1. The number of alkyl halides is 1. The van der Waals surface area contributed by atoms with E-state index in [0.29, 0.717) is 36.7 Å². The molecule has 4 aliphatic rings. The molecule has 1 aromatic heterocycles. The van der Waals surface area contributed by atoms with Crippen LogP contribution in [0.4, 0.5) is 19.0 Å². The Morgan fingerprint density at radius 3 is 2.84 bits per heavy atom. The maximum Gasteiger partial charge on any atom is 0.319 e. The van der Waals surface area contributed by atoms with Crippen molar-refractivity contribution in [1.82, 2.24) is 20.2 Å². The Bertz CT molecular complexity index is 1950. The van der Waals surface area contributed by atoms with Crippen LogP contribution < -0.4 is 15.0 Å². The first-order chi connectivity index (χ1) is 21.7. The van der Waals surface area contributed by atoms with Gasteiger partial charge in [-0.3, -0.25) is 14.6 Å². The molecule has 0 radical (unpaired) electrons. The minimum atomic E-state index is -0.953. The zero-order valence-electron chi connectivity index (χ0n) is 24.3. The van der Waals surface area contributed by atoms with Crippen LogP contribution in [0.1, 0.15) is 37.7 Å². The lowest BCUT2D eigenvalue weighted by Gasteiger charge is -2.33. The minimum Gasteiger partial charge on any atom is -0.508 e. The van der Waals surface area contributed by atoms with Crippen molar-refractivity contribution >= 4 is 33.4 Å². The Balaban J connectivity index is 1.29. The number of carbonyl (C=O) groups is 1. The fourth-order valence-electron chi connectivity index (χ4n) is 7.88. The number of carbonyl (C=O) groups excluding carboxylic acids is 1. The summed E-state index contributed by atoms with van der Waals surface area (Å²) in [6, 6.07) is 8.18. The van der Waals surface area contributed by atoms with Crippen LogP contribution in [0.15, 0.2) is 36.4 Å². The number of nitrogens with zero attached hydrogens (tertiary/aromatic N) is 4. The number of terminal acetylenes is 1. The first kappa shape index (κ1) is 28.1. The van der Waals surface area contributed by atoms with Gasteiger partial charge < -0.3 is 15.2 Å². The summed E-state index contributed by atoms with van der Waals surface area (Å²) in [5, 5.41) is 14.9. The Kier molecular flexibility index (Phi) is 6.45. The van der Waals surface area contributed by atoms with Crippen LogP contribution in [0.5, 0.6) is 11.8 Å². The highest BCUT2D eigenvalue weighted by atomic mass is 19.1. The van der Waals surface area contributed by atoms with Crippen molar-refractivity contribution in [2.45, 2.75) is 55.9 Å². The summed E-state index contributed by atoms with van der Waals surface area (Å²) in [6.07, 6.45) is 8.28. The molecule has 5 heterocycles. The molecule has 0 saturated carbocycles. The molecule has 4 atom stereocenters. The first-order valence-corrected chi connectivity index (χ1v) is 15.3. The molecule has 0 aliphatic carbocycles. The molecular formula is C34H30F3N5O3. The van der Waals surface area contributed by atoms with E-state index >= 15 is 4.39 Å². The van der Waals surface area contributed by atoms with Gasteiger partial charge in [0, 0.05) is 41.9 Å². The van der Waals surface area contributed by atoms with E-state index in [4.69, 9.17) is 11.2 Å². The van der Waals surface area contributed by atoms with Crippen molar-refractivity contribution in [3.63, 3.8) is 0 Å². The Morgan fingerprint density at radius 2 is 2.00 bits per heavy atom. The van der Waals surface area contributed by atoms with Crippen molar-refractivity contribution in [1.29, 1.82) is 0 Å². The lowest BCUT2D eigenvalue weighted by atomic mass is 9.93. The fraction of sp³-hybridized carbons (Fsp3) is 0.382. The largest absolute Gasteiger partial charge is 0.508 e. The summed E-state index contributed by atoms with van der Waals surface area (Å²) in [5.41, 5.74) is -0.421. The average molecular weight is 614 g/mol. The molecule has 2 bridgehead atoms. The zero-order chi connectivity index (χ0) is 31.0. The maximum absolute atomic E-state index is 16.8. The summed E-state index contributed by atoms with van der Waals surface area (Å²) in [5.74, 6) is 0.870. The average Bonchev–Trinajstić information content (AvgIpc) is 3.70.